The first kappa shape index (κ1) is 24.6. The Morgan fingerprint density at radius 2 is 1.23 bits per heavy atom. The van der Waals surface area contributed by atoms with Gasteiger partial charge >= 0.3 is 7.82 Å². The highest BCUT2D eigenvalue weighted by Gasteiger charge is 2.24. The molecule has 4 nitrogen and oxygen atoms in total. The third-order valence-corrected chi connectivity index (χ3v) is 4.98. The molecule has 0 rings (SSSR count). The third kappa shape index (κ3) is 12.9. The van der Waals surface area contributed by atoms with Gasteiger partial charge in [0.1, 0.15) is 0 Å². The summed E-state index contributed by atoms with van der Waals surface area (Å²) in [6.45, 7) is 9.10. The van der Waals surface area contributed by atoms with Crippen molar-refractivity contribution >= 4 is 20.2 Å². The van der Waals surface area contributed by atoms with Gasteiger partial charge in [-0.2, -0.15) is 0 Å². The summed E-state index contributed by atoms with van der Waals surface area (Å²) in [5.74, 6) is 0.687. The van der Waals surface area contributed by atoms with E-state index in [9.17, 15) is 9.46 Å². The Hall–Kier alpha value is 0.400. The Morgan fingerprint density at radius 1 is 0.864 bits per heavy atom. The topological polar surface area (TPSA) is 55.8 Å². The number of phosphoric ester groups is 1. The fraction of sp³-hybridized carbons (Fsp3) is 1.00. The van der Waals surface area contributed by atoms with E-state index in [1.807, 2.05) is 0 Å². The van der Waals surface area contributed by atoms with E-state index in [1.54, 1.807) is 0 Å². The lowest BCUT2D eigenvalue weighted by Crippen LogP contribution is -2.12. The van der Waals surface area contributed by atoms with Gasteiger partial charge in [-0.05, 0) is 24.7 Å². The summed E-state index contributed by atoms with van der Waals surface area (Å²) in [7, 11) is -3.89. The fourth-order valence-electron chi connectivity index (χ4n) is 2.23. The summed E-state index contributed by atoms with van der Waals surface area (Å²) in [4.78, 5) is 9.77. The van der Waals surface area contributed by atoms with E-state index in [1.165, 1.54) is 0 Å². The maximum Gasteiger partial charge on any atom is 0.472 e. The van der Waals surface area contributed by atoms with Crippen LogP contribution in [0.1, 0.15) is 79.1 Å². The average molecular weight is 359 g/mol. The Morgan fingerprint density at radius 3 is 1.50 bits per heavy atom. The molecule has 0 heterocycles. The predicted octanol–water partition coefficient (Wildman–Crippen LogP) is 5.97. The van der Waals surface area contributed by atoms with Crippen molar-refractivity contribution in [2.45, 2.75) is 79.1 Å². The van der Waals surface area contributed by atoms with E-state index in [0.717, 1.165) is 51.4 Å². The van der Waals surface area contributed by atoms with Gasteiger partial charge in [0, 0.05) is 0 Å². The Kier molecular flexibility index (Phi) is 16.8. The van der Waals surface area contributed by atoms with Gasteiger partial charge in [-0.1, -0.05) is 66.2 Å². The van der Waals surface area contributed by atoms with Crippen molar-refractivity contribution in [3.63, 3.8) is 0 Å². The molecule has 136 valence electrons. The first-order valence-electron chi connectivity index (χ1n) is 8.60. The van der Waals surface area contributed by atoms with E-state index < -0.39 is 7.82 Å². The smallest absolute Gasteiger partial charge is 0.302 e. The predicted molar refractivity (Wildman–Crippen MR) is 95.6 cm³/mol. The number of hydrogen-bond acceptors (Lipinski definition) is 3. The van der Waals surface area contributed by atoms with Crippen LogP contribution in [0.2, 0.25) is 0 Å². The summed E-state index contributed by atoms with van der Waals surface area (Å²) in [5.41, 5.74) is 0. The first-order valence-corrected chi connectivity index (χ1v) is 10.1. The quantitative estimate of drug-likeness (QED) is 0.388. The lowest BCUT2D eigenvalue weighted by molar-refractivity contribution is 0.110. The molecule has 0 radical (unpaired) electrons. The van der Waals surface area contributed by atoms with Crippen LogP contribution in [0.15, 0.2) is 0 Å². The molecule has 0 fully saturated rings. The zero-order valence-electron chi connectivity index (χ0n) is 14.8. The number of rotatable bonds is 14. The largest absolute Gasteiger partial charge is 0.472 e. The van der Waals surface area contributed by atoms with Crippen LogP contribution in [0.4, 0.5) is 0 Å². The van der Waals surface area contributed by atoms with Crippen molar-refractivity contribution in [3.8, 4) is 0 Å². The zero-order chi connectivity index (χ0) is 16.1. The average Bonchev–Trinajstić information content (AvgIpc) is 2.47. The summed E-state index contributed by atoms with van der Waals surface area (Å²) in [6, 6.07) is 0. The standard InChI is InChI=1S/C16H35O4P.ClH/c1-5-9-11-15(7-3)13-19-21(17,18)20-14-16(8-4)12-10-6-2;/h15-16H,5-14H2,1-4H3,(H,17,18);1H. The molecular formula is C16H36ClO4P. The van der Waals surface area contributed by atoms with Crippen LogP contribution in [0.5, 0.6) is 0 Å². The highest BCUT2D eigenvalue weighted by Crippen LogP contribution is 2.44. The molecule has 0 saturated carbocycles. The molecule has 6 heteroatoms. The maximum absolute atomic E-state index is 11.9. The first-order chi connectivity index (χ1) is 9.99. The van der Waals surface area contributed by atoms with Crippen molar-refractivity contribution < 1.29 is 18.5 Å². The lowest BCUT2D eigenvalue weighted by atomic mass is 10.0. The zero-order valence-corrected chi connectivity index (χ0v) is 16.5. The van der Waals surface area contributed by atoms with Crippen molar-refractivity contribution in [1.29, 1.82) is 0 Å². The molecule has 0 aromatic rings. The van der Waals surface area contributed by atoms with Crippen LogP contribution < -0.4 is 0 Å². The fourth-order valence-corrected chi connectivity index (χ4v) is 3.11. The van der Waals surface area contributed by atoms with E-state index in [2.05, 4.69) is 27.7 Å². The highest BCUT2D eigenvalue weighted by molar-refractivity contribution is 7.47. The van der Waals surface area contributed by atoms with Gasteiger partial charge in [-0.25, -0.2) is 4.57 Å². The minimum absolute atomic E-state index is 0. The summed E-state index contributed by atoms with van der Waals surface area (Å²) >= 11 is 0. The number of phosphoric acid groups is 1. The SMILES string of the molecule is CCCCC(CC)COP(=O)(O)OCC(CC)CCCC.Cl. The van der Waals surface area contributed by atoms with Gasteiger partial charge in [-0.15, -0.1) is 12.4 Å². The molecule has 1 N–H and O–H groups in total. The van der Waals surface area contributed by atoms with Crippen molar-refractivity contribution in [2.24, 2.45) is 11.8 Å². The van der Waals surface area contributed by atoms with Crippen LogP contribution in [0.3, 0.4) is 0 Å². The van der Waals surface area contributed by atoms with Crippen LogP contribution in [0.25, 0.3) is 0 Å². The Balaban J connectivity index is 0. The van der Waals surface area contributed by atoms with E-state index >= 15 is 0 Å². The Labute approximate surface area is 143 Å². The molecule has 22 heavy (non-hydrogen) atoms. The van der Waals surface area contributed by atoms with Crippen molar-refractivity contribution in [2.75, 3.05) is 13.2 Å². The van der Waals surface area contributed by atoms with Gasteiger partial charge in [-0.3, -0.25) is 9.05 Å². The van der Waals surface area contributed by atoms with E-state index in [-0.39, 0.29) is 12.4 Å². The molecular weight excluding hydrogens is 323 g/mol. The molecule has 0 aliphatic heterocycles. The second kappa shape index (κ2) is 15.0. The van der Waals surface area contributed by atoms with Gasteiger partial charge < -0.3 is 4.89 Å². The molecule has 0 saturated heterocycles. The monoisotopic (exact) mass is 358 g/mol. The van der Waals surface area contributed by atoms with Crippen LogP contribution in [-0.2, 0) is 13.6 Å². The minimum Gasteiger partial charge on any atom is -0.302 e. The van der Waals surface area contributed by atoms with Crippen molar-refractivity contribution in [3.05, 3.63) is 0 Å². The van der Waals surface area contributed by atoms with Crippen molar-refractivity contribution in [1.82, 2.24) is 0 Å². The summed E-state index contributed by atoms with van der Waals surface area (Å²) in [5, 5.41) is 0. The molecule has 2 unspecified atom stereocenters. The molecule has 0 spiro atoms. The number of halogens is 1. The normalized spacial score (nSPS) is 16.6. The van der Waals surface area contributed by atoms with Gasteiger partial charge in [0.2, 0.25) is 0 Å². The Bertz CT molecular complexity index is 265. The molecule has 0 aromatic heterocycles. The second-order valence-corrected chi connectivity index (χ2v) is 7.35. The van der Waals surface area contributed by atoms with Gasteiger partial charge in [0.15, 0.2) is 0 Å². The summed E-state index contributed by atoms with van der Waals surface area (Å²) in [6.07, 6.45) is 8.56. The minimum atomic E-state index is -3.89. The molecule has 2 atom stereocenters. The molecule has 0 aliphatic carbocycles. The third-order valence-electron chi connectivity index (χ3n) is 4.03. The lowest BCUT2D eigenvalue weighted by Gasteiger charge is -2.20. The number of hydrogen-bond donors (Lipinski definition) is 1. The van der Waals surface area contributed by atoms with E-state index in [4.69, 9.17) is 9.05 Å². The van der Waals surface area contributed by atoms with Crippen LogP contribution in [0, 0.1) is 11.8 Å². The second-order valence-electron chi connectivity index (χ2n) is 5.89. The van der Waals surface area contributed by atoms with E-state index in [0.29, 0.717) is 25.0 Å². The van der Waals surface area contributed by atoms with Gasteiger partial charge in [0.05, 0.1) is 13.2 Å². The number of unbranched alkanes of at least 4 members (excludes halogenated alkanes) is 2. The highest BCUT2D eigenvalue weighted by atomic mass is 35.5. The summed E-state index contributed by atoms with van der Waals surface area (Å²) < 4.78 is 22.2. The van der Waals surface area contributed by atoms with Crippen LogP contribution >= 0.6 is 20.2 Å². The van der Waals surface area contributed by atoms with Gasteiger partial charge in [0.25, 0.3) is 0 Å². The molecule has 0 aliphatic rings. The molecule has 0 bridgehead atoms. The van der Waals surface area contributed by atoms with Crippen LogP contribution in [-0.4, -0.2) is 18.1 Å². The molecule has 0 aromatic carbocycles. The maximum atomic E-state index is 11.9. The molecule has 0 amide bonds.